The van der Waals surface area contributed by atoms with Crippen LogP contribution in [0.1, 0.15) is 30.7 Å². The van der Waals surface area contributed by atoms with Crippen LogP contribution < -0.4 is 5.32 Å². The van der Waals surface area contributed by atoms with Gasteiger partial charge >= 0.3 is 6.18 Å². The molecule has 1 saturated heterocycles. The normalized spacial score (nSPS) is 16.9. The van der Waals surface area contributed by atoms with Crippen LogP contribution in [0.3, 0.4) is 0 Å². The molecule has 0 bridgehead atoms. The minimum absolute atomic E-state index is 0.0409. The van der Waals surface area contributed by atoms with E-state index in [2.05, 4.69) is 20.4 Å². The number of rotatable bonds is 7. The number of hydrogen-bond acceptors (Lipinski definition) is 6. The van der Waals surface area contributed by atoms with Crippen LogP contribution in [-0.2, 0) is 27.0 Å². The van der Waals surface area contributed by atoms with E-state index in [4.69, 9.17) is 9.47 Å². The molecule has 1 atom stereocenters. The van der Waals surface area contributed by atoms with Gasteiger partial charge in [0.1, 0.15) is 6.61 Å². The quantitative estimate of drug-likeness (QED) is 0.597. The Labute approximate surface area is 181 Å². The molecule has 0 saturated carbocycles. The monoisotopic (exact) mass is 449 g/mol. The Bertz CT molecular complexity index is 1060. The molecular formula is C21H22F3N5O3. The first-order valence-corrected chi connectivity index (χ1v) is 10.2. The van der Waals surface area contributed by atoms with E-state index < -0.39 is 12.0 Å². The predicted molar refractivity (Wildman–Crippen MR) is 107 cm³/mol. The van der Waals surface area contributed by atoms with Gasteiger partial charge in [0.05, 0.1) is 18.4 Å². The second-order valence-electron chi connectivity index (χ2n) is 7.45. The van der Waals surface area contributed by atoms with Crippen LogP contribution in [0.25, 0.3) is 17.0 Å². The summed E-state index contributed by atoms with van der Waals surface area (Å²) in [6.07, 6.45) is -0.0895. The number of aromatic nitrogens is 4. The van der Waals surface area contributed by atoms with E-state index in [1.165, 1.54) is 6.20 Å². The van der Waals surface area contributed by atoms with E-state index in [1.807, 2.05) is 0 Å². The van der Waals surface area contributed by atoms with Crippen molar-refractivity contribution < 1.29 is 27.4 Å². The Morgan fingerprint density at radius 2 is 2.03 bits per heavy atom. The number of nitrogens with one attached hydrogen (secondary N) is 1. The predicted octanol–water partition coefficient (Wildman–Crippen LogP) is 3.01. The van der Waals surface area contributed by atoms with Crippen molar-refractivity contribution in [2.24, 2.45) is 0 Å². The molecule has 4 rings (SSSR count). The fraction of sp³-hybridized carbons (Fsp3) is 0.429. The molecule has 8 nitrogen and oxygen atoms in total. The van der Waals surface area contributed by atoms with Crippen LogP contribution >= 0.6 is 0 Å². The Morgan fingerprint density at radius 1 is 1.22 bits per heavy atom. The van der Waals surface area contributed by atoms with Crippen LogP contribution in [0.5, 0.6) is 0 Å². The van der Waals surface area contributed by atoms with Gasteiger partial charge in [-0.3, -0.25) is 4.79 Å². The third kappa shape index (κ3) is 5.40. The summed E-state index contributed by atoms with van der Waals surface area (Å²) in [7, 11) is 0. The molecular weight excluding hydrogens is 427 g/mol. The zero-order valence-electron chi connectivity index (χ0n) is 17.1. The van der Waals surface area contributed by atoms with E-state index in [1.54, 1.807) is 30.3 Å². The SMILES string of the molecule is O=C(COC[C@@H]1CCCCO1)NCc1ccc(-c2ccnc3nc(C(F)(F)F)nn23)cc1. The summed E-state index contributed by atoms with van der Waals surface area (Å²) in [5.41, 5.74) is 1.89. The van der Waals surface area contributed by atoms with Gasteiger partial charge in [0.15, 0.2) is 0 Å². The van der Waals surface area contributed by atoms with Gasteiger partial charge in [0.25, 0.3) is 11.6 Å². The van der Waals surface area contributed by atoms with Gasteiger partial charge in [0, 0.05) is 24.9 Å². The zero-order chi connectivity index (χ0) is 22.6. The third-order valence-electron chi connectivity index (χ3n) is 5.04. The second kappa shape index (κ2) is 9.61. The molecule has 3 heterocycles. The average Bonchev–Trinajstić information content (AvgIpc) is 3.24. The lowest BCUT2D eigenvalue weighted by molar-refractivity contribution is -0.144. The van der Waals surface area contributed by atoms with E-state index in [0.717, 1.165) is 35.9 Å². The molecule has 1 aliphatic heterocycles. The molecule has 1 fully saturated rings. The van der Waals surface area contributed by atoms with Crippen LogP contribution in [0.2, 0.25) is 0 Å². The minimum Gasteiger partial charge on any atom is -0.376 e. The van der Waals surface area contributed by atoms with Crippen molar-refractivity contribution in [2.45, 2.75) is 38.1 Å². The molecule has 170 valence electrons. The van der Waals surface area contributed by atoms with Crippen molar-refractivity contribution in [1.82, 2.24) is 24.9 Å². The molecule has 0 unspecified atom stereocenters. The van der Waals surface area contributed by atoms with Crippen LogP contribution in [0, 0.1) is 0 Å². The van der Waals surface area contributed by atoms with Crippen molar-refractivity contribution in [3.05, 3.63) is 47.9 Å². The maximum Gasteiger partial charge on any atom is 0.453 e. The fourth-order valence-corrected chi connectivity index (χ4v) is 3.40. The van der Waals surface area contributed by atoms with Gasteiger partial charge in [0.2, 0.25) is 5.91 Å². The van der Waals surface area contributed by atoms with Crippen LogP contribution in [-0.4, -0.2) is 51.4 Å². The second-order valence-corrected chi connectivity index (χ2v) is 7.45. The minimum atomic E-state index is -4.65. The number of amides is 1. The maximum atomic E-state index is 12.9. The van der Waals surface area contributed by atoms with Crippen LogP contribution in [0.15, 0.2) is 36.5 Å². The number of carbonyl (C=O) groups is 1. The zero-order valence-corrected chi connectivity index (χ0v) is 17.1. The van der Waals surface area contributed by atoms with E-state index in [0.29, 0.717) is 24.4 Å². The van der Waals surface area contributed by atoms with Gasteiger partial charge < -0.3 is 14.8 Å². The molecule has 11 heteroatoms. The summed E-state index contributed by atoms with van der Waals surface area (Å²) in [6.45, 7) is 1.40. The smallest absolute Gasteiger partial charge is 0.376 e. The first-order chi connectivity index (χ1) is 15.4. The standard InChI is InChI=1S/C21H22F3N5O3/c22-21(23,24)19-27-20-25-9-8-17(29(20)28-19)15-6-4-14(5-7-15)11-26-18(30)13-31-12-16-3-1-2-10-32-16/h4-9,16H,1-3,10-13H2,(H,26,30)/t16-/m0/s1. The highest BCUT2D eigenvalue weighted by Crippen LogP contribution is 2.28. The highest BCUT2D eigenvalue weighted by molar-refractivity contribution is 5.77. The van der Waals surface area contributed by atoms with Gasteiger partial charge in [-0.2, -0.15) is 22.7 Å². The highest BCUT2D eigenvalue weighted by Gasteiger charge is 2.36. The molecule has 1 aliphatic rings. The number of benzene rings is 1. The summed E-state index contributed by atoms with van der Waals surface area (Å²) < 4.78 is 50.8. The number of alkyl halides is 3. The molecule has 2 aromatic heterocycles. The fourth-order valence-electron chi connectivity index (χ4n) is 3.40. The lowest BCUT2D eigenvalue weighted by Crippen LogP contribution is -2.30. The average molecular weight is 449 g/mol. The van der Waals surface area contributed by atoms with E-state index in [9.17, 15) is 18.0 Å². The van der Waals surface area contributed by atoms with Crippen molar-refractivity contribution in [3.8, 4) is 11.3 Å². The molecule has 3 aromatic rings. The van der Waals surface area contributed by atoms with Gasteiger partial charge in [-0.05, 0) is 30.9 Å². The van der Waals surface area contributed by atoms with Crippen LogP contribution in [0.4, 0.5) is 13.2 Å². The van der Waals surface area contributed by atoms with Crippen molar-refractivity contribution >= 4 is 11.7 Å². The Balaban J connectivity index is 1.33. The molecule has 1 amide bonds. The van der Waals surface area contributed by atoms with E-state index in [-0.39, 0.29) is 24.4 Å². The highest BCUT2D eigenvalue weighted by atomic mass is 19.4. The topological polar surface area (TPSA) is 90.6 Å². The molecule has 1 N–H and O–H groups in total. The van der Waals surface area contributed by atoms with E-state index >= 15 is 0 Å². The number of nitrogens with zero attached hydrogens (tertiary/aromatic N) is 4. The molecule has 1 aromatic carbocycles. The Morgan fingerprint density at radius 3 is 2.75 bits per heavy atom. The Hall–Kier alpha value is -3.05. The summed E-state index contributed by atoms with van der Waals surface area (Å²) in [5.74, 6) is -1.61. The maximum absolute atomic E-state index is 12.9. The lowest BCUT2D eigenvalue weighted by atomic mass is 10.1. The van der Waals surface area contributed by atoms with Crippen molar-refractivity contribution in [3.63, 3.8) is 0 Å². The largest absolute Gasteiger partial charge is 0.453 e. The molecule has 0 spiro atoms. The molecule has 0 radical (unpaired) electrons. The molecule has 32 heavy (non-hydrogen) atoms. The number of carbonyl (C=O) groups excluding carboxylic acids is 1. The summed E-state index contributed by atoms with van der Waals surface area (Å²) in [6, 6.07) is 8.59. The first-order valence-electron chi connectivity index (χ1n) is 10.2. The Kier molecular flexibility index (Phi) is 6.66. The van der Waals surface area contributed by atoms with Crippen molar-refractivity contribution in [1.29, 1.82) is 0 Å². The first kappa shape index (κ1) is 22.2. The number of ether oxygens (including phenoxy) is 2. The van der Waals surface area contributed by atoms with Gasteiger partial charge in [-0.1, -0.05) is 24.3 Å². The summed E-state index contributed by atoms with van der Waals surface area (Å²) >= 11 is 0. The number of fused-ring (bicyclic) bond motifs is 1. The lowest BCUT2D eigenvalue weighted by Gasteiger charge is -2.22. The van der Waals surface area contributed by atoms with Crippen molar-refractivity contribution in [2.75, 3.05) is 19.8 Å². The number of hydrogen-bond donors (Lipinski definition) is 1. The molecule has 0 aliphatic carbocycles. The van der Waals surface area contributed by atoms with Gasteiger partial charge in [-0.25, -0.2) is 4.98 Å². The number of halogens is 3. The summed E-state index contributed by atoms with van der Waals surface area (Å²) in [4.78, 5) is 19.3. The third-order valence-corrected chi connectivity index (χ3v) is 5.04. The van der Waals surface area contributed by atoms with Gasteiger partial charge in [-0.15, -0.1) is 5.10 Å². The summed E-state index contributed by atoms with van der Waals surface area (Å²) in [5, 5.41) is 6.32.